The van der Waals surface area contributed by atoms with Gasteiger partial charge in [-0.05, 0) is 42.5 Å². The second-order valence-electron chi connectivity index (χ2n) is 4.76. The van der Waals surface area contributed by atoms with Gasteiger partial charge in [0, 0.05) is 17.9 Å². The van der Waals surface area contributed by atoms with Crippen molar-refractivity contribution in [2.75, 3.05) is 23.9 Å². The molecule has 0 bridgehead atoms. The number of aryl methyl sites for hydroxylation is 2. The van der Waals surface area contributed by atoms with Crippen molar-refractivity contribution in [2.45, 2.75) is 25.7 Å². The first-order chi connectivity index (χ1) is 9.69. The van der Waals surface area contributed by atoms with Crippen molar-refractivity contribution in [3.8, 4) is 0 Å². The van der Waals surface area contributed by atoms with E-state index in [0.717, 1.165) is 18.5 Å². The minimum Gasteiger partial charge on any atom is -0.468 e. The van der Waals surface area contributed by atoms with Crippen molar-refractivity contribution < 1.29 is 14.3 Å². The van der Waals surface area contributed by atoms with E-state index >= 15 is 0 Å². The standard InChI is InChI=1S/C15H19NO3S/c1-19-15(18)10-20-8-7-14(17)16-13-6-5-11-3-2-4-12(11)9-13/h5-6,9H,2-4,7-8,10H2,1H3,(H,16,17). The molecule has 0 unspecified atom stereocenters. The smallest absolute Gasteiger partial charge is 0.315 e. The molecule has 20 heavy (non-hydrogen) atoms. The average molecular weight is 293 g/mol. The lowest BCUT2D eigenvalue weighted by Gasteiger charge is -2.07. The van der Waals surface area contributed by atoms with Crippen LogP contribution >= 0.6 is 11.8 Å². The second-order valence-corrected chi connectivity index (χ2v) is 5.87. The van der Waals surface area contributed by atoms with Crippen molar-refractivity contribution >= 4 is 29.3 Å². The lowest BCUT2D eigenvalue weighted by Crippen LogP contribution is -2.13. The van der Waals surface area contributed by atoms with Gasteiger partial charge < -0.3 is 10.1 Å². The third-order valence-corrected chi connectivity index (χ3v) is 4.24. The number of anilines is 1. The largest absolute Gasteiger partial charge is 0.468 e. The molecule has 0 aromatic heterocycles. The molecule has 0 atom stereocenters. The normalized spacial score (nSPS) is 12.8. The van der Waals surface area contributed by atoms with E-state index < -0.39 is 0 Å². The predicted octanol–water partition coefficient (Wildman–Crippen LogP) is 2.41. The molecule has 0 saturated heterocycles. The highest BCUT2D eigenvalue weighted by Gasteiger charge is 2.11. The number of methoxy groups -OCH3 is 1. The van der Waals surface area contributed by atoms with Crippen LogP contribution < -0.4 is 5.32 Å². The van der Waals surface area contributed by atoms with E-state index in [2.05, 4.69) is 22.2 Å². The average Bonchev–Trinajstić information content (AvgIpc) is 2.90. The minimum absolute atomic E-state index is 0.0136. The number of carbonyl (C=O) groups excluding carboxylic acids is 2. The summed E-state index contributed by atoms with van der Waals surface area (Å²) in [5.41, 5.74) is 3.62. The third-order valence-electron chi connectivity index (χ3n) is 3.30. The Balaban J connectivity index is 1.73. The number of carbonyl (C=O) groups is 2. The van der Waals surface area contributed by atoms with Crippen LogP contribution in [0.15, 0.2) is 18.2 Å². The quantitative estimate of drug-likeness (QED) is 0.646. The zero-order valence-corrected chi connectivity index (χ0v) is 12.4. The second kappa shape index (κ2) is 7.33. The summed E-state index contributed by atoms with van der Waals surface area (Å²) in [4.78, 5) is 22.7. The number of amides is 1. The van der Waals surface area contributed by atoms with Gasteiger partial charge in [0.1, 0.15) is 0 Å². The summed E-state index contributed by atoms with van der Waals surface area (Å²) >= 11 is 1.41. The lowest BCUT2D eigenvalue weighted by atomic mass is 10.1. The van der Waals surface area contributed by atoms with Crippen LogP contribution in [0.5, 0.6) is 0 Å². The first-order valence-electron chi connectivity index (χ1n) is 6.75. The molecule has 5 heteroatoms. The van der Waals surface area contributed by atoms with Gasteiger partial charge in [-0.25, -0.2) is 0 Å². The van der Waals surface area contributed by atoms with Gasteiger partial charge in [-0.15, -0.1) is 11.8 Å². The predicted molar refractivity (Wildman–Crippen MR) is 81.1 cm³/mol. The molecule has 4 nitrogen and oxygen atoms in total. The Bertz CT molecular complexity index is 502. The number of hydrogen-bond donors (Lipinski definition) is 1. The molecule has 1 aromatic rings. The number of esters is 1. The molecule has 0 saturated carbocycles. The maximum absolute atomic E-state index is 11.8. The molecule has 1 aliphatic rings. The summed E-state index contributed by atoms with van der Waals surface area (Å²) in [7, 11) is 1.36. The number of ether oxygens (including phenoxy) is 1. The Hall–Kier alpha value is -1.49. The van der Waals surface area contributed by atoms with Crippen LogP contribution in [0.1, 0.15) is 24.0 Å². The first-order valence-corrected chi connectivity index (χ1v) is 7.90. The highest BCUT2D eigenvalue weighted by molar-refractivity contribution is 7.99. The van der Waals surface area contributed by atoms with Crippen molar-refractivity contribution in [3.05, 3.63) is 29.3 Å². The molecule has 1 amide bonds. The van der Waals surface area contributed by atoms with Gasteiger partial charge in [-0.1, -0.05) is 6.07 Å². The number of hydrogen-bond acceptors (Lipinski definition) is 4. The van der Waals surface area contributed by atoms with Crippen LogP contribution in [-0.2, 0) is 27.2 Å². The van der Waals surface area contributed by atoms with Crippen molar-refractivity contribution in [1.29, 1.82) is 0 Å². The Labute approximate surface area is 123 Å². The molecule has 0 aliphatic heterocycles. The first kappa shape index (κ1) is 14.9. The fraction of sp³-hybridized carbons (Fsp3) is 0.467. The summed E-state index contributed by atoms with van der Waals surface area (Å²) in [6.45, 7) is 0. The molecule has 108 valence electrons. The number of fused-ring (bicyclic) bond motifs is 1. The van der Waals surface area contributed by atoms with Crippen LogP contribution in [-0.4, -0.2) is 30.5 Å². The van der Waals surface area contributed by atoms with Crippen molar-refractivity contribution in [3.63, 3.8) is 0 Å². The van der Waals surface area contributed by atoms with E-state index in [4.69, 9.17) is 0 Å². The lowest BCUT2D eigenvalue weighted by molar-refractivity contribution is -0.137. The maximum atomic E-state index is 11.8. The van der Waals surface area contributed by atoms with Gasteiger partial charge in [0.2, 0.25) is 5.91 Å². The van der Waals surface area contributed by atoms with E-state index in [-0.39, 0.29) is 11.9 Å². The highest BCUT2D eigenvalue weighted by atomic mass is 32.2. The Morgan fingerprint density at radius 2 is 2.10 bits per heavy atom. The van der Waals surface area contributed by atoms with E-state index in [0.29, 0.717) is 17.9 Å². The van der Waals surface area contributed by atoms with Crippen LogP contribution in [0.2, 0.25) is 0 Å². The van der Waals surface area contributed by atoms with Crippen molar-refractivity contribution in [2.24, 2.45) is 0 Å². The molecule has 0 radical (unpaired) electrons. The van der Waals surface area contributed by atoms with Gasteiger partial charge in [-0.3, -0.25) is 9.59 Å². The molecule has 1 aliphatic carbocycles. The summed E-state index contributed by atoms with van der Waals surface area (Å²) in [6.07, 6.45) is 3.86. The molecule has 1 aromatic carbocycles. The fourth-order valence-electron chi connectivity index (χ4n) is 2.25. The van der Waals surface area contributed by atoms with Crippen LogP contribution in [0, 0.1) is 0 Å². The van der Waals surface area contributed by atoms with E-state index in [1.165, 1.54) is 36.4 Å². The SMILES string of the molecule is COC(=O)CSCCC(=O)Nc1ccc2c(c1)CCC2. The minimum atomic E-state index is -0.256. The van der Waals surface area contributed by atoms with Gasteiger partial charge in [-0.2, -0.15) is 0 Å². The molecular weight excluding hydrogens is 274 g/mol. The zero-order chi connectivity index (χ0) is 14.4. The molecule has 0 fully saturated rings. The monoisotopic (exact) mass is 293 g/mol. The zero-order valence-electron chi connectivity index (χ0n) is 11.6. The Kier molecular flexibility index (Phi) is 5.47. The Morgan fingerprint density at radius 1 is 1.30 bits per heavy atom. The van der Waals surface area contributed by atoms with Crippen LogP contribution in [0.3, 0.4) is 0 Å². The van der Waals surface area contributed by atoms with Gasteiger partial charge in [0.25, 0.3) is 0 Å². The molecule has 1 N–H and O–H groups in total. The third kappa shape index (κ3) is 4.27. The highest BCUT2D eigenvalue weighted by Crippen LogP contribution is 2.24. The van der Waals surface area contributed by atoms with Crippen LogP contribution in [0.25, 0.3) is 0 Å². The van der Waals surface area contributed by atoms with Gasteiger partial charge in [0.05, 0.1) is 12.9 Å². The fourth-order valence-corrected chi connectivity index (χ4v) is 3.01. The summed E-state index contributed by atoms with van der Waals surface area (Å²) < 4.78 is 4.54. The van der Waals surface area contributed by atoms with E-state index in [9.17, 15) is 9.59 Å². The Morgan fingerprint density at radius 3 is 2.90 bits per heavy atom. The number of benzene rings is 1. The number of thioether (sulfide) groups is 1. The molecular formula is C15H19NO3S. The van der Waals surface area contributed by atoms with E-state index in [1.807, 2.05) is 6.07 Å². The number of nitrogens with one attached hydrogen (secondary N) is 1. The van der Waals surface area contributed by atoms with Gasteiger partial charge >= 0.3 is 5.97 Å². The summed E-state index contributed by atoms with van der Waals surface area (Å²) in [6, 6.07) is 6.13. The topological polar surface area (TPSA) is 55.4 Å². The van der Waals surface area contributed by atoms with Crippen LogP contribution in [0.4, 0.5) is 5.69 Å². The van der Waals surface area contributed by atoms with Gasteiger partial charge in [0.15, 0.2) is 0 Å². The van der Waals surface area contributed by atoms with E-state index in [1.54, 1.807) is 0 Å². The molecule has 2 rings (SSSR count). The number of rotatable bonds is 6. The summed E-state index contributed by atoms with van der Waals surface area (Å²) in [5.74, 6) is 0.642. The molecule has 0 heterocycles. The summed E-state index contributed by atoms with van der Waals surface area (Å²) in [5, 5.41) is 2.91. The maximum Gasteiger partial charge on any atom is 0.315 e. The van der Waals surface area contributed by atoms with Crippen molar-refractivity contribution in [1.82, 2.24) is 0 Å². The molecule has 0 spiro atoms.